The average Bonchev–Trinajstić information content (AvgIpc) is 3.30. The molecule has 0 aromatic heterocycles. The molecule has 0 aromatic rings. The summed E-state index contributed by atoms with van der Waals surface area (Å²) in [5, 5.41) is 33.6. The van der Waals surface area contributed by atoms with Crippen molar-refractivity contribution in [2.75, 3.05) is 6.61 Å². The van der Waals surface area contributed by atoms with E-state index in [1.54, 1.807) is 0 Å². The lowest BCUT2D eigenvalue weighted by atomic mass is 10.0. The fraction of sp³-hybridized carbons (Fsp3) is 0.950. The molecule has 0 aliphatic heterocycles. The van der Waals surface area contributed by atoms with Gasteiger partial charge in [0.2, 0.25) is 5.91 Å². The van der Waals surface area contributed by atoms with Crippen LogP contribution in [-0.4, -0.2) is 46.1 Å². The highest BCUT2D eigenvalue weighted by atomic mass is 16.3. The molecule has 0 bridgehead atoms. The van der Waals surface area contributed by atoms with Crippen LogP contribution in [0.2, 0.25) is 0 Å². The van der Waals surface area contributed by atoms with Crippen molar-refractivity contribution in [2.24, 2.45) is 0 Å². The van der Waals surface area contributed by atoms with Gasteiger partial charge in [-0.15, -0.1) is 0 Å². The Hall–Kier alpha value is -0.910. The number of unbranched alkanes of at least 4 members (excludes halogenated alkanes) is 45. The lowest BCUT2D eigenvalue weighted by Gasteiger charge is -2.23. The highest BCUT2D eigenvalue weighted by Gasteiger charge is 2.21. The molecule has 3 unspecified atom stereocenters. The number of aliphatic hydroxyl groups is 3. The van der Waals surface area contributed by atoms with E-state index >= 15 is 0 Å². The van der Waals surface area contributed by atoms with Gasteiger partial charge in [-0.1, -0.05) is 309 Å². The van der Waals surface area contributed by atoms with Crippen molar-refractivity contribution in [3.05, 3.63) is 12.2 Å². The summed E-state index contributed by atoms with van der Waals surface area (Å²) in [6, 6.07) is -0.655. The van der Waals surface area contributed by atoms with E-state index in [2.05, 4.69) is 31.3 Å². The van der Waals surface area contributed by atoms with Crippen LogP contribution in [0.1, 0.15) is 341 Å². The summed E-state index contributed by atoms with van der Waals surface area (Å²) in [5.41, 5.74) is 0. The molecule has 0 spiro atoms. The Bertz CT molecular complexity index is 925. The second kappa shape index (κ2) is 55.7. The third kappa shape index (κ3) is 52.3. The molecule has 0 fully saturated rings. The third-order valence-electron chi connectivity index (χ3n) is 14.3. The van der Waals surface area contributed by atoms with E-state index < -0.39 is 18.2 Å². The van der Waals surface area contributed by atoms with Crippen molar-refractivity contribution in [2.45, 2.75) is 360 Å². The largest absolute Gasteiger partial charge is 0.394 e. The number of hydrogen-bond donors (Lipinski definition) is 4. The lowest BCUT2D eigenvalue weighted by molar-refractivity contribution is -0.125. The zero-order valence-corrected chi connectivity index (χ0v) is 44.4. The van der Waals surface area contributed by atoms with Crippen molar-refractivity contribution in [3.8, 4) is 0 Å². The summed E-state index contributed by atoms with van der Waals surface area (Å²) in [4.78, 5) is 12.5. The molecule has 0 aromatic carbocycles. The summed E-state index contributed by atoms with van der Waals surface area (Å²) >= 11 is 0. The third-order valence-corrected chi connectivity index (χ3v) is 14.3. The van der Waals surface area contributed by atoms with E-state index in [1.165, 1.54) is 283 Å². The molecule has 0 aliphatic carbocycles. The molecule has 0 radical (unpaired) electrons. The topological polar surface area (TPSA) is 89.8 Å². The van der Waals surface area contributed by atoms with Gasteiger partial charge in [0.15, 0.2) is 0 Å². The molecule has 5 heteroatoms. The van der Waals surface area contributed by atoms with Crippen LogP contribution in [0, 0.1) is 0 Å². The van der Waals surface area contributed by atoms with E-state index in [0.29, 0.717) is 12.8 Å². The van der Waals surface area contributed by atoms with Gasteiger partial charge < -0.3 is 20.6 Å². The van der Waals surface area contributed by atoms with Gasteiger partial charge in [-0.05, 0) is 38.5 Å². The lowest BCUT2D eigenvalue weighted by Crippen LogP contribution is -2.46. The fourth-order valence-electron chi connectivity index (χ4n) is 9.76. The average molecular weight is 919 g/mol. The van der Waals surface area contributed by atoms with E-state index in [0.717, 1.165) is 25.7 Å². The number of carbonyl (C=O) groups excluding carboxylic acids is 1. The van der Waals surface area contributed by atoms with Gasteiger partial charge in [0.1, 0.15) is 0 Å². The number of carbonyl (C=O) groups is 1. The maximum Gasteiger partial charge on any atom is 0.222 e. The van der Waals surface area contributed by atoms with Crippen molar-refractivity contribution in [3.63, 3.8) is 0 Å². The number of aliphatic hydroxyl groups excluding tert-OH is 3. The normalized spacial score (nSPS) is 13.2. The minimum Gasteiger partial charge on any atom is -0.394 e. The quantitative estimate of drug-likeness (QED) is 0.0361. The molecule has 5 nitrogen and oxygen atoms in total. The molecule has 4 N–H and O–H groups in total. The van der Waals surface area contributed by atoms with Crippen LogP contribution < -0.4 is 5.32 Å². The predicted molar refractivity (Wildman–Crippen MR) is 287 cm³/mol. The van der Waals surface area contributed by atoms with Gasteiger partial charge in [-0.2, -0.15) is 0 Å². The van der Waals surface area contributed by atoms with Crippen LogP contribution in [0.15, 0.2) is 12.2 Å². The molecular weight excluding hydrogens is 799 g/mol. The minimum absolute atomic E-state index is 0.0411. The Balaban J connectivity index is 3.44. The van der Waals surface area contributed by atoms with Gasteiger partial charge in [-0.25, -0.2) is 0 Å². The first-order chi connectivity index (χ1) is 32.0. The summed E-state index contributed by atoms with van der Waals surface area (Å²) in [5.74, 6) is -0.277. The molecule has 0 rings (SSSR count). The van der Waals surface area contributed by atoms with E-state index in [9.17, 15) is 20.1 Å². The standard InChI is InChI=1S/C60H119NO4/c1-3-5-7-9-11-13-15-17-19-20-21-22-23-24-25-26-27-28-29-30-31-32-33-34-35-36-37-38-40-41-43-45-47-49-51-53-57(63)55-60(65)61-58(56-62)59(64)54-52-50-48-46-44-42-39-18-16-14-12-10-8-6-4-2/h28-29,57-59,62-64H,3-27,30-56H2,1-2H3,(H,61,65)/b29-28-. The van der Waals surface area contributed by atoms with Gasteiger partial charge in [0.05, 0.1) is 31.3 Å². The Morgan fingerprint density at radius 2 is 0.615 bits per heavy atom. The number of allylic oxidation sites excluding steroid dienone is 2. The summed E-state index contributed by atoms with van der Waals surface area (Å²) < 4.78 is 0. The summed E-state index contributed by atoms with van der Waals surface area (Å²) in [6.45, 7) is 4.30. The molecule has 3 atom stereocenters. The van der Waals surface area contributed by atoms with E-state index in [-0.39, 0.29) is 18.9 Å². The van der Waals surface area contributed by atoms with Gasteiger partial charge in [0.25, 0.3) is 0 Å². The van der Waals surface area contributed by atoms with Gasteiger partial charge >= 0.3 is 0 Å². The van der Waals surface area contributed by atoms with Crippen LogP contribution in [0.3, 0.4) is 0 Å². The van der Waals surface area contributed by atoms with Crippen LogP contribution in [0.25, 0.3) is 0 Å². The Morgan fingerprint density at radius 1 is 0.369 bits per heavy atom. The smallest absolute Gasteiger partial charge is 0.222 e. The molecule has 65 heavy (non-hydrogen) atoms. The predicted octanol–water partition coefficient (Wildman–Crippen LogP) is 18.7. The van der Waals surface area contributed by atoms with Crippen LogP contribution >= 0.6 is 0 Å². The SMILES string of the molecule is CCCCCCCCCCCCCCCCCC/C=C\CCCCCCCCCCCCCCCCCC(O)CC(=O)NC(CO)C(O)CCCCCCCCCCCCCCCCC. The maximum atomic E-state index is 12.5. The highest BCUT2D eigenvalue weighted by Crippen LogP contribution is 2.18. The van der Waals surface area contributed by atoms with E-state index in [4.69, 9.17) is 0 Å². The van der Waals surface area contributed by atoms with Crippen LogP contribution in [0.5, 0.6) is 0 Å². The number of hydrogen-bond acceptors (Lipinski definition) is 4. The maximum absolute atomic E-state index is 12.5. The van der Waals surface area contributed by atoms with Crippen LogP contribution in [0.4, 0.5) is 0 Å². The Kier molecular flexibility index (Phi) is 54.9. The fourth-order valence-corrected chi connectivity index (χ4v) is 9.76. The first-order valence-electron chi connectivity index (χ1n) is 30.0. The first-order valence-corrected chi connectivity index (χ1v) is 30.0. The van der Waals surface area contributed by atoms with Crippen molar-refractivity contribution < 1.29 is 20.1 Å². The second-order valence-corrected chi connectivity index (χ2v) is 21.0. The zero-order chi connectivity index (χ0) is 47.2. The second-order valence-electron chi connectivity index (χ2n) is 21.0. The van der Waals surface area contributed by atoms with Crippen molar-refractivity contribution in [1.82, 2.24) is 5.32 Å². The number of nitrogens with one attached hydrogen (secondary N) is 1. The molecule has 0 heterocycles. The zero-order valence-electron chi connectivity index (χ0n) is 44.4. The van der Waals surface area contributed by atoms with Crippen LogP contribution in [-0.2, 0) is 4.79 Å². The number of amides is 1. The first kappa shape index (κ1) is 64.1. The highest BCUT2D eigenvalue weighted by molar-refractivity contribution is 5.76. The summed E-state index contributed by atoms with van der Waals surface area (Å²) in [7, 11) is 0. The molecule has 0 saturated heterocycles. The van der Waals surface area contributed by atoms with Crippen molar-refractivity contribution >= 4 is 5.91 Å². The van der Waals surface area contributed by atoms with Gasteiger partial charge in [0, 0.05) is 0 Å². The molecule has 1 amide bonds. The molecule has 388 valence electrons. The summed E-state index contributed by atoms with van der Waals surface area (Å²) in [6.07, 6.45) is 69.7. The van der Waals surface area contributed by atoms with E-state index in [1.807, 2.05) is 0 Å². The Morgan fingerprint density at radius 3 is 0.892 bits per heavy atom. The van der Waals surface area contributed by atoms with Gasteiger partial charge in [-0.3, -0.25) is 4.79 Å². The monoisotopic (exact) mass is 918 g/mol. The van der Waals surface area contributed by atoms with Crippen molar-refractivity contribution in [1.29, 1.82) is 0 Å². The minimum atomic E-state index is -0.746. The molecule has 0 saturated carbocycles. The number of rotatable bonds is 56. The Labute approximate surface area is 408 Å². The molecule has 0 aliphatic rings. The molecular formula is C60H119NO4.